The number of hydrogen-bond acceptors (Lipinski definition) is 4. The molecule has 19 heavy (non-hydrogen) atoms. The topological polar surface area (TPSA) is 93.0 Å². The van der Waals surface area contributed by atoms with Gasteiger partial charge in [-0.05, 0) is 12.1 Å². The number of amides is 1. The van der Waals surface area contributed by atoms with Gasteiger partial charge in [0.25, 0.3) is 5.91 Å². The Labute approximate surface area is 111 Å². The van der Waals surface area contributed by atoms with Gasteiger partial charge in [0.1, 0.15) is 5.75 Å². The molecule has 1 amide bonds. The molecule has 1 heterocycles. The molecule has 0 aliphatic heterocycles. The lowest BCUT2D eigenvalue weighted by molar-refractivity contribution is -0.123. The molecule has 0 saturated heterocycles. The van der Waals surface area contributed by atoms with Crippen LogP contribution in [-0.4, -0.2) is 29.0 Å². The fourth-order valence-electron chi connectivity index (χ4n) is 1.56. The van der Waals surface area contributed by atoms with Crippen LogP contribution in [0.5, 0.6) is 5.75 Å². The second kappa shape index (κ2) is 6.44. The highest BCUT2D eigenvalue weighted by Gasteiger charge is 2.04. The number of nitrogens with one attached hydrogen (secondary N) is 2. The summed E-state index contributed by atoms with van der Waals surface area (Å²) in [5.41, 5.74) is 7.20. The van der Waals surface area contributed by atoms with E-state index in [1.807, 2.05) is 12.1 Å². The summed E-state index contributed by atoms with van der Waals surface area (Å²) >= 11 is 0. The van der Waals surface area contributed by atoms with Crippen molar-refractivity contribution in [3.8, 4) is 5.75 Å². The fraction of sp³-hybridized carbons (Fsp3) is 0.231. The van der Waals surface area contributed by atoms with E-state index in [4.69, 9.17) is 10.5 Å². The number of ether oxygens (including phenoxy) is 1. The Morgan fingerprint density at radius 2 is 2.26 bits per heavy atom. The van der Waals surface area contributed by atoms with Crippen LogP contribution in [0, 0.1) is 0 Å². The van der Waals surface area contributed by atoms with Gasteiger partial charge in [0.05, 0.1) is 12.0 Å². The quantitative estimate of drug-likeness (QED) is 0.667. The van der Waals surface area contributed by atoms with Crippen molar-refractivity contribution in [2.75, 3.05) is 18.9 Å². The number of imidazole rings is 1. The maximum Gasteiger partial charge on any atom is 0.257 e. The summed E-state index contributed by atoms with van der Waals surface area (Å²) in [6, 6.07) is 7.08. The molecule has 6 heteroatoms. The maximum atomic E-state index is 11.6. The van der Waals surface area contributed by atoms with Gasteiger partial charge >= 0.3 is 0 Å². The van der Waals surface area contributed by atoms with Crippen LogP contribution in [0.2, 0.25) is 0 Å². The Hall–Kier alpha value is -2.50. The minimum atomic E-state index is -0.178. The van der Waals surface area contributed by atoms with Crippen molar-refractivity contribution in [2.45, 2.75) is 6.42 Å². The van der Waals surface area contributed by atoms with Crippen molar-refractivity contribution in [1.82, 2.24) is 15.3 Å². The third-order valence-corrected chi connectivity index (χ3v) is 2.55. The highest BCUT2D eigenvalue weighted by Crippen LogP contribution is 2.19. The predicted molar refractivity (Wildman–Crippen MR) is 71.7 cm³/mol. The van der Waals surface area contributed by atoms with E-state index in [-0.39, 0.29) is 12.5 Å². The Bertz CT molecular complexity index is 525. The number of anilines is 1. The number of hydrogen-bond donors (Lipinski definition) is 3. The van der Waals surface area contributed by atoms with E-state index < -0.39 is 0 Å². The Morgan fingerprint density at radius 3 is 3.00 bits per heavy atom. The predicted octanol–water partition coefficient (Wildman–Crippen LogP) is 0.730. The Balaban J connectivity index is 1.69. The zero-order valence-electron chi connectivity index (χ0n) is 10.4. The zero-order chi connectivity index (χ0) is 13.5. The molecule has 0 fully saturated rings. The van der Waals surface area contributed by atoms with Crippen LogP contribution in [0.1, 0.15) is 5.69 Å². The molecule has 0 aliphatic rings. The molecule has 0 atom stereocenters. The first-order valence-corrected chi connectivity index (χ1v) is 5.97. The minimum absolute atomic E-state index is 0.0445. The molecule has 1 aromatic heterocycles. The van der Waals surface area contributed by atoms with E-state index in [2.05, 4.69) is 15.3 Å². The molecule has 0 radical (unpaired) electrons. The van der Waals surface area contributed by atoms with Crippen molar-refractivity contribution >= 4 is 11.6 Å². The summed E-state index contributed by atoms with van der Waals surface area (Å²) in [4.78, 5) is 18.4. The molecule has 0 bridgehead atoms. The number of nitrogens with zero attached hydrogens (tertiary/aromatic N) is 1. The van der Waals surface area contributed by atoms with E-state index in [0.717, 1.165) is 5.69 Å². The summed E-state index contributed by atoms with van der Waals surface area (Å²) in [5.74, 6) is 0.342. The van der Waals surface area contributed by atoms with Gasteiger partial charge in [0.2, 0.25) is 0 Å². The van der Waals surface area contributed by atoms with Crippen LogP contribution in [0.25, 0.3) is 0 Å². The van der Waals surface area contributed by atoms with Gasteiger partial charge in [0.15, 0.2) is 6.61 Å². The minimum Gasteiger partial charge on any atom is -0.482 e. The number of H-pyrrole nitrogens is 1. The van der Waals surface area contributed by atoms with Gasteiger partial charge in [-0.25, -0.2) is 4.98 Å². The number of nitrogens with two attached hydrogens (primary N) is 1. The third-order valence-electron chi connectivity index (χ3n) is 2.55. The first-order valence-electron chi connectivity index (χ1n) is 5.97. The normalized spacial score (nSPS) is 10.1. The van der Waals surface area contributed by atoms with Crippen LogP contribution >= 0.6 is 0 Å². The average molecular weight is 260 g/mol. The van der Waals surface area contributed by atoms with E-state index in [9.17, 15) is 4.79 Å². The van der Waals surface area contributed by atoms with Crippen molar-refractivity contribution in [1.29, 1.82) is 0 Å². The van der Waals surface area contributed by atoms with Gasteiger partial charge < -0.3 is 20.8 Å². The lowest BCUT2D eigenvalue weighted by atomic mass is 10.3. The first kappa shape index (κ1) is 12.9. The highest BCUT2D eigenvalue weighted by atomic mass is 16.5. The lowest BCUT2D eigenvalue weighted by Crippen LogP contribution is -2.30. The smallest absolute Gasteiger partial charge is 0.257 e. The van der Waals surface area contributed by atoms with Crippen molar-refractivity contribution in [2.24, 2.45) is 0 Å². The number of benzene rings is 1. The summed E-state index contributed by atoms with van der Waals surface area (Å²) in [6.07, 6.45) is 4.05. The van der Waals surface area contributed by atoms with E-state index in [1.165, 1.54) is 0 Å². The average Bonchev–Trinajstić information content (AvgIpc) is 2.91. The second-order valence-electron chi connectivity index (χ2n) is 4.00. The van der Waals surface area contributed by atoms with E-state index in [1.54, 1.807) is 24.7 Å². The van der Waals surface area contributed by atoms with Crippen molar-refractivity contribution in [3.05, 3.63) is 42.5 Å². The van der Waals surface area contributed by atoms with Gasteiger partial charge in [-0.2, -0.15) is 0 Å². The molecular formula is C13H16N4O2. The van der Waals surface area contributed by atoms with Crippen molar-refractivity contribution < 1.29 is 9.53 Å². The Morgan fingerprint density at radius 1 is 1.42 bits per heavy atom. The number of nitrogen functional groups attached to an aromatic ring is 1. The van der Waals surface area contributed by atoms with Gasteiger partial charge in [0, 0.05) is 24.9 Å². The number of aromatic amines is 1. The third kappa shape index (κ3) is 4.02. The molecule has 1 aromatic carbocycles. The summed E-state index contributed by atoms with van der Waals surface area (Å²) < 4.78 is 5.33. The van der Waals surface area contributed by atoms with Gasteiger partial charge in [-0.15, -0.1) is 0 Å². The summed E-state index contributed by atoms with van der Waals surface area (Å²) in [6.45, 7) is 0.492. The summed E-state index contributed by atoms with van der Waals surface area (Å²) in [7, 11) is 0. The van der Waals surface area contributed by atoms with Crippen LogP contribution in [0.4, 0.5) is 5.69 Å². The fourth-order valence-corrected chi connectivity index (χ4v) is 1.56. The number of rotatable bonds is 6. The van der Waals surface area contributed by atoms with Gasteiger partial charge in [-0.3, -0.25) is 4.79 Å². The zero-order valence-corrected chi connectivity index (χ0v) is 10.4. The van der Waals surface area contributed by atoms with Crippen LogP contribution in [-0.2, 0) is 11.2 Å². The first-order chi connectivity index (χ1) is 9.25. The standard InChI is InChI=1S/C13H16N4O2/c14-11-3-1-2-4-12(11)19-8-13(18)16-6-5-10-7-15-9-17-10/h1-4,7,9H,5-6,8,14H2,(H,15,17)(H,16,18). The van der Waals surface area contributed by atoms with Gasteiger partial charge in [-0.1, -0.05) is 12.1 Å². The molecule has 2 rings (SSSR count). The number of carbonyl (C=O) groups is 1. The van der Waals surface area contributed by atoms with E-state index in [0.29, 0.717) is 24.4 Å². The molecule has 0 spiro atoms. The number of aromatic nitrogens is 2. The second-order valence-corrected chi connectivity index (χ2v) is 4.00. The number of para-hydroxylation sites is 2. The van der Waals surface area contributed by atoms with Crippen LogP contribution < -0.4 is 15.8 Å². The molecule has 0 unspecified atom stereocenters. The molecule has 6 nitrogen and oxygen atoms in total. The lowest BCUT2D eigenvalue weighted by Gasteiger charge is -2.08. The SMILES string of the molecule is Nc1ccccc1OCC(=O)NCCc1cnc[nH]1. The molecule has 0 aliphatic carbocycles. The summed E-state index contributed by atoms with van der Waals surface area (Å²) in [5, 5.41) is 2.76. The molecule has 4 N–H and O–H groups in total. The Kier molecular flexibility index (Phi) is 4.39. The largest absolute Gasteiger partial charge is 0.482 e. The number of carbonyl (C=O) groups excluding carboxylic acids is 1. The molecule has 0 saturated carbocycles. The van der Waals surface area contributed by atoms with Crippen LogP contribution in [0.15, 0.2) is 36.8 Å². The van der Waals surface area contributed by atoms with Crippen molar-refractivity contribution in [3.63, 3.8) is 0 Å². The maximum absolute atomic E-state index is 11.6. The van der Waals surface area contributed by atoms with E-state index >= 15 is 0 Å². The highest BCUT2D eigenvalue weighted by molar-refractivity contribution is 5.77. The molecule has 100 valence electrons. The molecule has 2 aromatic rings. The van der Waals surface area contributed by atoms with Crippen LogP contribution in [0.3, 0.4) is 0 Å². The molecular weight excluding hydrogens is 244 g/mol. The monoisotopic (exact) mass is 260 g/mol.